The minimum absolute atomic E-state index is 0.671. The molecule has 0 atom stereocenters. The highest BCUT2D eigenvalue weighted by Crippen LogP contribution is 2.28. The molecular formula is C17H19N3O. The van der Waals surface area contributed by atoms with Gasteiger partial charge in [0, 0.05) is 22.5 Å². The number of nitrogens with zero attached hydrogens (tertiary/aromatic N) is 1. The molecular weight excluding hydrogens is 262 g/mol. The van der Waals surface area contributed by atoms with E-state index in [0.717, 1.165) is 39.3 Å². The van der Waals surface area contributed by atoms with Gasteiger partial charge in [0.2, 0.25) is 0 Å². The molecule has 0 amide bonds. The highest BCUT2D eigenvalue weighted by atomic mass is 16.5. The van der Waals surface area contributed by atoms with Crippen molar-refractivity contribution in [1.29, 1.82) is 0 Å². The van der Waals surface area contributed by atoms with Gasteiger partial charge in [-0.1, -0.05) is 6.08 Å². The van der Waals surface area contributed by atoms with Gasteiger partial charge in [0.1, 0.15) is 11.4 Å². The first-order valence-corrected chi connectivity index (χ1v) is 7.16. The lowest BCUT2D eigenvalue weighted by molar-refractivity contribution is 0.340. The average Bonchev–Trinajstić information content (AvgIpc) is 3.03. The van der Waals surface area contributed by atoms with Crippen molar-refractivity contribution in [1.82, 2.24) is 15.2 Å². The van der Waals surface area contributed by atoms with E-state index in [9.17, 15) is 0 Å². The molecule has 2 aromatic heterocycles. The maximum absolute atomic E-state index is 5.54. The Morgan fingerprint density at radius 3 is 2.90 bits per heavy atom. The van der Waals surface area contributed by atoms with Crippen molar-refractivity contribution >= 4 is 17.0 Å². The van der Waals surface area contributed by atoms with Crippen LogP contribution in [0, 0.1) is 6.92 Å². The zero-order chi connectivity index (χ0) is 14.8. The lowest BCUT2D eigenvalue weighted by atomic mass is 10.1. The summed E-state index contributed by atoms with van der Waals surface area (Å²) >= 11 is 0. The second-order valence-electron chi connectivity index (χ2n) is 4.98. The summed E-state index contributed by atoms with van der Waals surface area (Å²) in [6, 6.07) is 8.20. The first kappa shape index (κ1) is 13.5. The molecule has 0 aliphatic heterocycles. The van der Waals surface area contributed by atoms with Gasteiger partial charge in [-0.25, -0.2) is 0 Å². The summed E-state index contributed by atoms with van der Waals surface area (Å²) in [5.74, 6) is 0.881. The van der Waals surface area contributed by atoms with Gasteiger partial charge in [-0.3, -0.25) is 5.10 Å². The molecule has 0 aliphatic rings. The molecule has 0 saturated carbocycles. The summed E-state index contributed by atoms with van der Waals surface area (Å²) < 4.78 is 5.54. The van der Waals surface area contributed by atoms with E-state index in [-0.39, 0.29) is 0 Å². The molecule has 0 spiro atoms. The Morgan fingerprint density at radius 1 is 1.29 bits per heavy atom. The highest BCUT2D eigenvalue weighted by Gasteiger charge is 2.12. The molecule has 108 valence electrons. The zero-order valence-electron chi connectivity index (χ0n) is 12.5. The Morgan fingerprint density at radius 2 is 2.14 bits per heavy atom. The molecule has 0 aliphatic carbocycles. The van der Waals surface area contributed by atoms with E-state index < -0.39 is 0 Å². The summed E-state index contributed by atoms with van der Waals surface area (Å²) in [7, 11) is 0. The van der Waals surface area contributed by atoms with Crippen LogP contribution in [0.1, 0.15) is 25.1 Å². The van der Waals surface area contributed by atoms with Crippen molar-refractivity contribution in [2.24, 2.45) is 0 Å². The zero-order valence-corrected chi connectivity index (χ0v) is 12.5. The van der Waals surface area contributed by atoms with E-state index in [1.54, 1.807) is 0 Å². The van der Waals surface area contributed by atoms with Crippen molar-refractivity contribution in [2.45, 2.75) is 20.8 Å². The van der Waals surface area contributed by atoms with Crippen molar-refractivity contribution in [3.63, 3.8) is 0 Å². The van der Waals surface area contributed by atoms with E-state index in [4.69, 9.17) is 4.74 Å². The maximum atomic E-state index is 5.54. The Labute approximate surface area is 123 Å². The van der Waals surface area contributed by atoms with Gasteiger partial charge in [0.05, 0.1) is 18.0 Å². The Balaban J connectivity index is 2.04. The fraction of sp³-hybridized carbons (Fsp3) is 0.235. The molecule has 3 aromatic rings. The summed E-state index contributed by atoms with van der Waals surface area (Å²) in [5, 5.41) is 8.64. The molecule has 0 radical (unpaired) electrons. The van der Waals surface area contributed by atoms with Crippen LogP contribution in [0.2, 0.25) is 0 Å². The van der Waals surface area contributed by atoms with Crippen LogP contribution in [0.3, 0.4) is 0 Å². The van der Waals surface area contributed by atoms with E-state index in [2.05, 4.69) is 34.2 Å². The van der Waals surface area contributed by atoms with E-state index in [1.165, 1.54) is 0 Å². The fourth-order valence-corrected chi connectivity index (χ4v) is 2.49. The number of hydrogen-bond acceptors (Lipinski definition) is 2. The molecule has 21 heavy (non-hydrogen) atoms. The second kappa shape index (κ2) is 5.48. The number of allylic oxidation sites excluding steroid dienone is 1. The third kappa shape index (κ3) is 2.44. The van der Waals surface area contributed by atoms with Crippen molar-refractivity contribution in [3.8, 4) is 17.1 Å². The first-order chi connectivity index (χ1) is 10.2. The third-order valence-electron chi connectivity index (χ3n) is 3.54. The van der Waals surface area contributed by atoms with E-state index in [0.29, 0.717) is 6.61 Å². The average molecular weight is 281 g/mol. The summed E-state index contributed by atoms with van der Waals surface area (Å²) in [6.45, 7) is 6.73. The van der Waals surface area contributed by atoms with E-state index in [1.807, 2.05) is 38.1 Å². The molecule has 2 heterocycles. The minimum atomic E-state index is 0.671. The summed E-state index contributed by atoms with van der Waals surface area (Å²) in [6.07, 6.45) is 4.03. The second-order valence-corrected chi connectivity index (χ2v) is 4.98. The first-order valence-electron chi connectivity index (χ1n) is 7.16. The van der Waals surface area contributed by atoms with Crippen molar-refractivity contribution in [3.05, 3.63) is 41.6 Å². The Hall–Kier alpha value is -2.49. The monoisotopic (exact) mass is 281 g/mol. The van der Waals surface area contributed by atoms with Crippen LogP contribution >= 0.6 is 0 Å². The van der Waals surface area contributed by atoms with Crippen LogP contribution in [0.25, 0.3) is 28.4 Å². The molecule has 1 aromatic carbocycles. The van der Waals surface area contributed by atoms with E-state index >= 15 is 0 Å². The van der Waals surface area contributed by atoms with Gasteiger partial charge in [-0.15, -0.1) is 0 Å². The van der Waals surface area contributed by atoms with Crippen LogP contribution in [0.15, 0.2) is 30.3 Å². The number of aromatic amines is 2. The Bertz CT molecular complexity index is 796. The van der Waals surface area contributed by atoms with Gasteiger partial charge in [0.25, 0.3) is 0 Å². The number of aromatic nitrogens is 3. The normalized spacial score (nSPS) is 11.6. The summed E-state index contributed by atoms with van der Waals surface area (Å²) in [5.41, 5.74) is 5.22. The standard InChI is InChI=1S/C17H19N3O/c1-4-6-14-11(3)17(20-19-14)16-9-12-7-8-13(21-5-2)10-15(12)18-16/h4,6-10,18H,5H2,1-3H3,(H,19,20)/b6-4-. The van der Waals surface area contributed by atoms with Gasteiger partial charge >= 0.3 is 0 Å². The molecule has 3 rings (SSSR count). The molecule has 4 nitrogen and oxygen atoms in total. The molecule has 0 unspecified atom stereocenters. The SMILES string of the molecule is C/C=C\c1[nH]nc(-c2cc3ccc(OCC)cc3[nH]2)c1C. The Kier molecular flexibility index (Phi) is 3.52. The summed E-state index contributed by atoms with van der Waals surface area (Å²) in [4.78, 5) is 3.42. The van der Waals surface area contributed by atoms with Crippen LogP contribution in [0.5, 0.6) is 5.75 Å². The quantitative estimate of drug-likeness (QED) is 0.749. The van der Waals surface area contributed by atoms with Crippen molar-refractivity contribution < 1.29 is 4.74 Å². The predicted octanol–water partition coefficient (Wildman–Crippen LogP) is 4.30. The largest absolute Gasteiger partial charge is 0.494 e. The van der Waals surface area contributed by atoms with Crippen LogP contribution in [-0.2, 0) is 0 Å². The third-order valence-corrected chi connectivity index (χ3v) is 3.54. The number of H-pyrrole nitrogens is 2. The van der Waals surface area contributed by atoms with Crippen molar-refractivity contribution in [2.75, 3.05) is 6.61 Å². The molecule has 0 bridgehead atoms. The smallest absolute Gasteiger partial charge is 0.121 e. The number of ether oxygens (including phenoxy) is 1. The topological polar surface area (TPSA) is 53.7 Å². The number of benzene rings is 1. The molecule has 2 N–H and O–H groups in total. The van der Waals surface area contributed by atoms with Crippen LogP contribution in [-0.4, -0.2) is 21.8 Å². The molecule has 4 heteroatoms. The maximum Gasteiger partial charge on any atom is 0.121 e. The predicted molar refractivity (Wildman–Crippen MR) is 86.5 cm³/mol. The molecule has 0 fully saturated rings. The van der Waals surface area contributed by atoms with Crippen LogP contribution < -0.4 is 4.74 Å². The lowest BCUT2D eigenvalue weighted by Crippen LogP contribution is -1.90. The van der Waals surface area contributed by atoms with Crippen LogP contribution in [0.4, 0.5) is 0 Å². The van der Waals surface area contributed by atoms with Gasteiger partial charge in [-0.05, 0) is 45.0 Å². The highest BCUT2D eigenvalue weighted by molar-refractivity contribution is 5.87. The van der Waals surface area contributed by atoms with Gasteiger partial charge in [-0.2, -0.15) is 5.10 Å². The lowest BCUT2D eigenvalue weighted by Gasteiger charge is -2.01. The fourth-order valence-electron chi connectivity index (χ4n) is 2.49. The van der Waals surface area contributed by atoms with Gasteiger partial charge in [0.15, 0.2) is 0 Å². The minimum Gasteiger partial charge on any atom is -0.494 e. The number of hydrogen-bond donors (Lipinski definition) is 2. The number of fused-ring (bicyclic) bond motifs is 1. The number of rotatable bonds is 4. The number of nitrogens with one attached hydrogen (secondary N) is 2. The van der Waals surface area contributed by atoms with Gasteiger partial charge < -0.3 is 9.72 Å². The molecule has 0 saturated heterocycles.